The van der Waals surface area contributed by atoms with Gasteiger partial charge in [0.25, 0.3) is 5.56 Å². The predicted molar refractivity (Wildman–Crippen MR) is 109 cm³/mol. The molecule has 3 N–H and O–H groups in total. The zero-order valence-corrected chi connectivity index (χ0v) is 16.9. The molecule has 2 aliphatic heterocycles. The standard InChI is InChI=1S/C20H20N4O5S/c25-20-14-2-1-3-17-18(14)19(22-23-20)15-12-13(4-5-16(15)29-17)30(26,27)21-6-7-24-8-10-28-11-9-24/h1-5,12,21H,6-11H2,(H,23,25)/p+1. The Labute approximate surface area is 172 Å². The van der Waals surface area contributed by atoms with Crippen LogP contribution in [-0.4, -0.2) is 58.0 Å². The maximum absolute atomic E-state index is 12.8. The number of hydrogen-bond acceptors (Lipinski definition) is 6. The zero-order valence-electron chi connectivity index (χ0n) is 16.1. The minimum atomic E-state index is -3.70. The lowest BCUT2D eigenvalue weighted by Crippen LogP contribution is -3.14. The van der Waals surface area contributed by atoms with Crippen molar-refractivity contribution < 1.29 is 22.8 Å². The van der Waals surface area contributed by atoms with Crippen molar-refractivity contribution in [1.82, 2.24) is 14.9 Å². The Kier molecular flexibility index (Phi) is 4.78. The topological polar surface area (TPSA) is 115 Å². The molecule has 0 unspecified atom stereocenters. The van der Waals surface area contributed by atoms with E-state index in [-0.39, 0.29) is 10.5 Å². The summed E-state index contributed by atoms with van der Waals surface area (Å²) in [6.07, 6.45) is 0. The van der Waals surface area contributed by atoms with E-state index in [1.54, 1.807) is 24.3 Å². The van der Waals surface area contributed by atoms with Crippen LogP contribution in [-0.2, 0) is 14.8 Å². The lowest BCUT2D eigenvalue weighted by Gasteiger charge is -2.23. The summed E-state index contributed by atoms with van der Waals surface area (Å²) < 4.78 is 39.6. The van der Waals surface area contributed by atoms with Gasteiger partial charge in [-0.25, -0.2) is 18.2 Å². The summed E-state index contributed by atoms with van der Waals surface area (Å²) >= 11 is 0. The number of sulfonamides is 1. The largest absolute Gasteiger partial charge is 0.456 e. The fourth-order valence-electron chi connectivity index (χ4n) is 3.89. The van der Waals surface area contributed by atoms with Gasteiger partial charge in [-0.2, -0.15) is 5.10 Å². The van der Waals surface area contributed by atoms with Crippen molar-refractivity contribution in [2.45, 2.75) is 4.90 Å². The Morgan fingerprint density at radius 3 is 2.80 bits per heavy atom. The number of hydrogen-bond donors (Lipinski definition) is 3. The van der Waals surface area contributed by atoms with E-state index in [1.807, 2.05) is 0 Å². The number of rotatable bonds is 5. The minimum Gasteiger partial charge on any atom is -0.456 e. The molecule has 0 atom stereocenters. The van der Waals surface area contributed by atoms with Gasteiger partial charge in [0.05, 0.1) is 42.0 Å². The maximum atomic E-state index is 12.8. The lowest BCUT2D eigenvalue weighted by molar-refractivity contribution is -0.906. The fourth-order valence-corrected chi connectivity index (χ4v) is 4.95. The molecule has 1 fully saturated rings. The van der Waals surface area contributed by atoms with Gasteiger partial charge in [-0.05, 0) is 30.3 Å². The summed E-state index contributed by atoms with van der Waals surface area (Å²) in [6.45, 7) is 4.21. The van der Waals surface area contributed by atoms with Crippen LogP contribution in [0.3, 0.4) is 0 Å². The summed E-state index contributed by atoms with van der Waals surface area (Å²) in [5.41, 5.74) is 0.701. The van der Waals surface area contributed by atoms with E-state index in [0.29, 0.717) is 59.8 Å². The number of ether oxygens (including phenoxy) is 2. The normalized spacial score (nSPS) is 16.3. The summed E-state index contributed by atoms with van der Waals surface area (Å²) in [5, 5.41) is 7.69. The maximum Gasteiger partial charge on any atom is 0.272 e. The van der Waals surface area contributed by atoms with Gasteiger partial charge < -0.3 is 14.4 Å². The van der Waals surface area contributed by atoms with E-state index >= 15 is 0 Å². The first-order valence-corrected chi connectivity index (χ1v) is 11.3. The Morgan fingerprint density at radius 1 is 1.13 bits per heavy atom. The Morgan fingerprint density at radius 2 is 1.97 bits per heavy atom. The van der Waals surface area contributed by atoms with Crippen LogP contribution in [0.4, 0.5) is 0 Å². The van der Waals surface area contributed by atoms with Gasteiger partial charge in [-0.1, -0.05) is 6.07 Å². The molecule has 0 bridgehead atoms. The van der Waals surface area contributed by atoms with Crippen molar-refractivity contribution >= 4 is 20.8 Å². The van der Waals surface area contributed by atoms with Gasteiger partial charge in [-0.3, -0.25) is 4.79 Å². The number of quaternary nitrogens is 1. The summed E-state index contributed by atoms with van der Waals surface area (Å²) in [4.78, 5) is 13.6. The molecule has 2 aromatic carbocycles. The molecule has 2 aliphatic rings. The molecule has 30 heavy (non-hydrogen) atoms. The van der Waals surface area contributed by atoms with E-state index in [0.717, 1.165) is 13.1 Å². The number of fused-ring (bicyclic) bond motifs is 2. The molecule has 3 heterocycles. The highest BCUT2D eigenvalue weighted by Gasteiger charge is 2.25. The smallest absolute Gasteiger partial charge is 0.272 e. The summed E-state index contributed by atoms with van der Waals surface area (Å²) in [5.74, 6) is 1.02. The molecule has 1 saturated heterocycles. The quantitative estimate of drug-likeness (QED) is 0.408. The highest BCUT2D eigenvalue weighted by molar-refractivity contribution is 7.89. The number of nitrogens with zero attached hydrogens (tertiary/aromatic N) is 1. The first kappa shape index (κ1) is 19.2. The number of nitrogens with one attached hydrogen (secondary N) is 3. The van der Waals surface area contributed by atoms with Crippen molar-refractivity contribution in [1.29, 1.82) is 0 Å². The van der Waals surface area contributed by atoms with Crippen LogP contribution in [0.2, 0.25) is 0 Å². The molecule has 156 valence electrons. The van der Waals surface area contributed by atoms with Crippen molar-refractivity contribution in [2.75, 3.05) is 39.4 Å². The van der Waals surface area contributed by atoms with E-state index in [1.165, 1.54) is 17.0 Å². The Balaban J connectivity index is 1.45. The molecule has 1 aromatic heterocycles. The van der Waals surface area contributed by atoms with Gasteiger partial charge in [-0.15, -0.1) is 0 Å². The molecule has 5 rings (SSSR count). The predicted octanol–water partition coefficient (Wildman–Crippen LogP) is -0.111. The third-order valence-electron chi connectivity index (χ3n) is 5.48. The zero-order chi connectivity index (χ0) is 20.7. The van der Waals surface area contributed by atoms with E-state index < -0.39 is 10.0 Å². The first-order chi connectivity index (χ1) is 14.5. The van der Waals surface area contributed by atoms with Crippen molar-refractivity contribution in [2.24, 2.45) is 0 Å². The third-order valence-corrected chi connectivity index (χ3v) is 6.94. The van der Waals surface area contributed by atoms with Crippen molar-refractivity contribution in [3.8, 4) is 22.8 Å². The molecule has 0 saturated carbocycles. The Bertz CT molecular complexity index is 1280. The van der Waals surface area contributed by atoms with E-state index in [2.05, 4.69) is 14.9 Å². The van der Waals surface area contributed by atoms with Gasteiger partial charge >= 0.3 is 0 Å². The number of aromatic nitrogens is 2. The third kappa shape index (κ3) is 3.37. The number of H-pyrrole nitrogens is 1. The van der Waals surface area contributed by atoms with Crippen LogP contribution in [0.15, 0.2) is 46.1 Å². The molecule has 0 aliphatic carbocycles. The van der Waals surface area contributed by atoms with Gasteiger partial charge in [0, 0.05) is 5.56 Å². The molecule has 9 nitrogen and oxygen atoms in total. The van der Waals surface area contributed by atoms with Gasteiger partial charge in [0.1, 0.15) is 30.3 Å². The second-order valence-corrected chi connectivity index (χ2v) is 9.12. The fraction of sp³-hybridized carbons (Fsp3) is 0.300. The van der Waals surface area contributed by atoms with Crippen LogP contribution >= 0.6 is 0 Å². The van der Waals surface area contributed by atoms with E-state index in [4.69, 9.17) is 9.47 Å². The molecule has 0 spiro atoms. The van der Waals surface area contributed by atoms with Crippen molar-refractivity contribution in [3.05, 3.63) is 46.8 Å². The highest BCUT2D eigenvalue weighted by Crippen LogP contribution is 2.44. The monoisotopic (exact) mass is 429 g/mol. The minimum absolute atomic E-state index is 0.127. The van der Waals surface area contributed by atoms with Crippen LogP contribution in [0, 0.1) is 0 Å². The highest BCUT2D eigenvalue weighted by atomic mass is 32.2. The molecule has 10 heteroatoms. The number of morpholine rings is 1. The SMILES string of the molecule is O=c1[nH]nc2c3c(cccc13)Oc1ccc(S(=O)(=O)NCC[NH+]3CCOCC3)cc1-2. The molecular formula is C20H21N4O5S+. The summed E-state index contributed by atoms with van der Waals surface area (Å²) in [7, 11) is -3.70. The molecule has 3 aromatic rings. The van der Waals surface area contributed by atoms with Crippen LogP contribution in [0.25, 0.3) is 22.0 Å². The number of aromatic amines is 1. The summed E-state index contributed by atoms with van der Waals surface area (Å²) in [6, 6.07) is 9.85. The Hall–Kier alpha value is -2.79. The van der Waals surface area contributed by atoms with Gasteiger partial charge in [0.2, 0.25) is 10.0 Å². The second kappa shape index (κ2) is 7.47. The van der Waals surface area contributed by atoms with E-state index in [9.17, 15) is 13.2 Å². The molecule has 0 radical (unpaired) electrons. The second-order valence-electron chi connectivity index (χ2n) is 7.35. The van der Waals surface area contributed by atoms with Gasteiger partial charge in [0.15, 0.2) is 0 Å². The average Bonchev–Trinajstić information content (AvgIpc) is 2.76. The van der Waals surface area contributed by atoms with Crippen LogP contribution in [0.1, 0.15) is 0 Å². The average molecular weight is 429 g/mol. The molecule has 0 amide bonds. The number of benzene rings is 2. The van der Waals surface area contributed by atoms with Crippen LogP contribution < -0.4 is 19.9 Å². The molecular weight excluding hydrogens is 408 g/mol. The first-order valence-electron chi connectivity index (χ1n) is 9.77. The van der Waals surface area contributed by atoms with Crippen LogP contribution in [0.5, 0.6) is 11.5 Å². The van der Waals surface area contributed by atoms with Crippen molar-refractivity contribution in [3.63, 3.8) is 0 Å². The lowest BCUT2D eigenvalue weighted by atomic mass is 10.0.